The molecule has 114 valence electrons. The smallest absolute Gasteiger partial charge is 0.152 e. The van der Waals surface area contributed by atoms with Crippen molar-refractivity contribution in [3.8, 4) is 0 Å². The average Bonchev–Trinajstić information content (AvgIpc) is 2.75. The molecule has 1 saturated heterocycles. The Kier molecular flexibility index (Phi) is 4.30. The van der Waals surface area contributed by atoms with Crippen LogP contribution in [0.3, 0.4) is 0 Å². The Morgan fingerprint density at radius 1 is 1.43 bits per heavy atom. The molecule has 1 aromatic carbocycles. The largest absolute Gasteiger partial charge is 0.324 e. The molecule has 1 fully saturated rings. The quantitative estimate of drug-likeness (QED) is 0.754. The van der Waals surface area contributed by atoms with Crippen molar-refractivity contribution in [3.05, 3.63) is 28.5 Å². The molecular formula is C14H16BrClN2O2S. The van der Waals surface area contributed by atoms with Crippen LogP contribution in [0.15, 0.2) is 22.7 Å². The van der Waals surface area contributed by atoms with Gasteiger partial charge in [-0.1, -0.05) is 15.9 Å². The molecule has 0 N–H and O–H groups in total. The van der Waals surface area contributed by atoms with Gasteiger partial charge in [-0.3, -0.25) is 0 Å². The molecule has 2 heterocycles. The molecule has 1 atom stereocenters. The summed E-state index contributed by atoms with van der Waals surface area (Å²) >= 11 is 9.36. The van der Waals surface area contributed by atoms with E-state index >= 15 is 0 Å². The number of imidazole rings is 1. The Balaban J connectivity index is 2.14. The molecule has 0 radical (unpaired) electrons. The molecule has 21 heavy (non-hydrogen) atoms. The topological polar surface area (TPSA) is 52.0 Å². The second-order valence-electron chi connectivity index (χ2n) is 5.38. The van der Waals surface area contributed by atoms with Crippen molar-refractivity contribution in [1.82, 2.24) is 9.55 Å². The first-order valence-corrected chi connectivity index (χ1v) is 10.1. The van der Waals surface area contributed by atoms with E-state index in [1.54, 1.807) is 0 Å². The maximum Gasteiger partial charge on any atom is 0.152 e. The average molecular weight is 392 g/mol. The monoisotopic (exact) mass is 390 g/mol. The lowest BCUT2D eigenvalue weighted by molar-refractivity contribution is 0.468. The number of hydrogen-bond donors (Lipinski definition) is 0. The zero-order valence-corrected chi connectivity index (χ0v) is 14.6. The van der Waals surface area contributed by atoms with Crippen LogP contribution in [-0.2, 0) is 16.3 Å². The molecule has 0 spiro atoms. The van der Waals surface area contributed by atoms with Crippen LogP contribution in [0.2, 0.25) is 0 Å². The first kappa shape index (κ1) is 15.3. The summed E-state index contributed by atoms with van der Waals surface area (Å²) in [6.07, 6.45) is 2.22. The van der Waals surface area contributed by atoms with Crippen molar-refractivity contribution in [2.24, 2.45) is 0 Å². The van der Waals surface area contributed by atoms with E-state index < -0.39 is 9.84 Å². The van der Waals surface area contributed by atoms with E-state index in [2.05, 4.69) is 25.5 Å². The van der Waals surface area contributed by atoms with E-state index in [4.69, 9.17) is 11.6 Å². The molecule has 1 aromatic heterocycles. The zero-order valence-electron chi connectivity index (χ0n) is 11.4. The van der Waals surface area contributed by atoms with Crippen LogP contribution in [-0.4, -0.2) is 35.4 Å². The van der Waals surface area contributed by atoms with Crippen molar-refractivity contribution in [2.45, 2.75) is 25.3 Å². The molecule has 3 rings (SSSR count). The van der Waals surface area contributed by atoms with E-state index in [9.17, 15) is 8.42 Å². The van der Waals surface area contributed by atoms with E-state index in [-0.39, 0.29) is 11.8 Å². The highest BCUT2D eigenvalue weighted by molar-refractivity contribution is 9.10. The number of sulfone groups is 1. The van der Waals surface area contributed by atoms with Crippen LogP contribution >= 0.6 is 27.5 Å². The van der Waals surface area contributed by atoms with Gasteiger partial charge < -0.3 is 4.57 Å². The molecule has 1 aliphatic heterocycles. The highest BCUT2D eigenvalue weighted by atomic mass is 79.9. The fraction of sp³-hybridized carbons (Fsp3) is 0.500. The predicted molar refractivity (Wildman–Crippen MR) is 88.8 cm³/mol. The van der Waals surface area contributed by atoms with Crippen molar-refractivity contribution in [1.29, 1.82) is 0 Å². The van der Waals surface area contributed by atoms with Gasteiger partial charge in [0.15, 0.2) is 9.84 Å². The van der Waals surface area contributed by atoms with Gasteiger partial charge in [-0.2, -0.15) is 0 Å². The highest BCUT2D eigenvalue weighted by Crippen LogP contribution is 2.30. The van der Waals surface area contributed by atoms with Gasteiger partial charge >= 0.3 is 0 Å². The molecule has 1 unspecified atom stereocenters. The maximum atomic E-state index is 12.0. The minimum absolute atomic E-state index is 0.0405. The van der Waals surface area contributed by atoms with Crippen molar-refractivity contribution in [2.75, 3.05) is 17.4 Å². The molecule has 0 bridgehead atoms. The van der Waals surface area contributed by atoms with E-state index in [0.717, 1.165) is 27.8 Å². The van der Waals surface area contributed by atoms with Crippen LogP contribution < -0.4 is 0 Å². The lowest BCUT2D eigenvalue weighted by Crippen LogP contribution is -2.28. The standard InChI is InChI=1S/C14H16BrClN2O2S/c15-10-3-4-12-13(8-10)18(14(17-12)5-6-16)11-2-1-7-21(19,20)9-11/h3-4,8,11H,1-2,5-7,9H2. The molecule has 0 aliphatic carbocycles. The number of alkyl halides is 1. The highest BCUT2D eigenvalue weighted by Gasteiger charge is 2.28. The number of fused-ring (bicyclic) bond motifs is 1. The van der Waals surface area contributed by atoms with Crippen LogP contribution in [0.1, 0.15) is 24.7 Å². The fourth-order valence-corrected chi connectivity index (χ4v) is 5.18. The fourth-order valence-electron chi connectivity index (χ4n) is 2.99. The van der Waals surface area contributed by atoms with Gasteiger partial charge in [0, 0.05) is 22.8 Å². The van der Waals surface area contributed by atoms with Gasteiger partial charge in [0.2, 0.25) is 0 Å². The number of rotatable bonds is 3. The van der Waals surface area contributed by atoms with Crippen LogP contribution in [0, 0.1) is 0 Å². The lowest BCUT2D eigenvalue weighted by atomic mass is 10.1. The Labute approximate surface area is 137 Å². The molecule has 7 heteroatoms. The van der Waals surface area contributed by atoms with Crippen LogP contribution in [0.5, 0.6) is 0 Å². The van der Waals surface area contributed by atoms with E-state index in [1.807, 2.05) is 18.2 Å². The van der Waals surface area contributed by atoms with Crippen LogP contribution in [0.25, 0.3) is 11.0 Å². The minimum atomic E-state index is -2.96. The first-order valence-electron chi connectivity index (χ1n) is 6.93. The van der Waals surface area contributed by atoms with Crippen LogP contribution in [0.4, 0.5) is 0 Å². The second-order valence-corrected chi connectivity index (χ2v) is 8.90. The summed E-state index contributed by atoms with van der Waals surface area (Å²) in [5.41, 5.74) is 1.87. The third-order valence-electron chi connectivity index (χ3n) is 3.85. The van der Waals surface area contributed by atoms with Gasteiger partial charge in [0.05, 0.1) is 22.5 Å². The molecule has 0 amide bonds. The van der Waals surface area contributed by atoms with Crippen molar-refractivity contribution >= 4 is 48.4 Å². The molecule has 0 saturated carbocycles. The summed E-state index contributed by atoms with van der Waals surface area (Å²) in [5.74, 6) is 1.84. The number of hydrogen-bond acceptors (Lipinski definition) is 3. The number of halogens is 2. The predicted octanol–water partition coefficient (Wildman–Crippen LogP) is 3.33. The third kappa shape index (κ3) is 3.12. The Morgan fingerprint density at radius 3 is 2.95 bits per heavy atom. The Morgan fingerprint density at radius 2 is 2.24 bits per heavy atom. The minimum Gasteiger partial charge on any atom is -0.324 e. The molecule has 1 aliphatic rings. The summed E-state index contributed by atoms with van der Waals surface area (Å²) in [6.45, 7) is 0. The molecule has 4 nitrogen and oxygen atoms in total. The zero-order chi connectivity index (χ0) is 15.0. The number of aryl methyl sites for hydroxylation is 1. The lowest BCUT2D eigenvalue weighted by Gasteiger charge is -2.25. The van der Waals surface area contributed by atoms with Crippen molar-refractivity contribution < 1.29 is 8.42 Å². The second kappa shape index (κ2) is 5.89. The normalized spacial score (nSPS) is 21.7. The SMILES string of the molecule is O=S1(=O)CCCC(n2c(CCCl)nc3ccc(Br)cc32)C1. The van der Waals surface area contributed by atoms with Gasteiger partial charge in [-0.25, -0.2) is 13.4 Å². The molecular weight excluding hydrogens is 376 g/mol. The maximum absolute atomic E-state index is 12.0. The van der Waals surface area contributed by atoms with Crippen molar-refractivity contribution in [3.63, 3.8) is 0 Å². The van der Waals surface area contributed by atoms with Gasteiger partial charge in [0.25, 0.3) is 0 Å². The summed E-state index contributed by atoms with van der Waals surface area (Å²) in [5, 5.41) is 0. The number of benzene rings is 1. The third-order valence-corrected chi connectivity index (χ3v) is 6.33. The van der Waals surface area contributed by atoms with Gasteiger partial charge in [-0.05, 0) is 31.0 Å². The summed E-state index contributed by atoms with van der Waals surface area (Å²) in [4.78, 5) is 4.63. The van der Waals surface area contributed by atoms with Gasteiger partial charge in [0.1, 0.15) is 5.82 Å². The van der Waals surface area contributed by atoms with E-state index in [0.29, 0.717) is 24.5 Å². The Hall–Kier alpha value is -0.590. The number of aromatic nitrogens is 2. The summed E-state index contributed by atoms with van der Waals surface area (Å²) in [7, 11) is -2.96. The summed E-state index contributed by atoms with van der Waals surface area (Å²) < 4.78 is 27.0. The van der Waals surface area contributed by atoms with Gasteiger partial charge in [-0.15, -0.1) is 11.6 Å². The number of nitrogens with zero attached hydrogens (tertiary/aromatic N) is 2. The summed E-state index contributed by atoms with van der Waals surface area (Å²) in [6, 6.07) is 5.86. The van der Waals surface area contributed by atoms with E-state index in [1.165, 1.54) is 0 Å². The first-order chi connectivity index (χ1) is 10.00. The molecule has 2 aromatic rings. The Bertz CT molecular complexity index is 773.